The van der Waals surface area contributed by atoms with Crippen LogP contribution in [0.25, 0.3) is 0 Å². The van der Waals surface area contributed by atoms with E-state index in [1.165, 1.54) is 17.4 Å². The third kappa shape index (κ3) is 3.98. The highest BCUT2D eigenvalue weighted by Gasteiger charge is 2.24. The fourth-order valence-corrected chi connectivity index (χ4v) is 3.31. The number of aryl methyl sites for hydroxylation is 1. The number of anilines is 2. The molecule has 0 bridgehead atoms. The van der Waals surface area contributed by atoms with Crippen LogP contribution >= 0.6 is 0 Å². The molecule has 1 saturated heterocycles. The maximum atomic E-state index is 12.4. The van der Waals surface area contributed by atoms with Gasteiger partial charge >= 0.3 is 0 Å². The lowest BCUT2D eigenvalue weighted by Crippen LogP contribution is -2.49. The summed E-state index contributed by atoms with van der Waals surface area (Å²) in [6, 6.07) is 13.7. The summed E-state index contributed by atoms with van der Waals surface area (Å²) in [6.45, 7) is 5.53. The molecule has 0 atom stereocenters. The molecule has 1 aromatic carbocycles. The lowest BCUT2D eigenvalue weighted by molar-refractivity contribution is 0.0714. The zero-order valence-corrected chi connectivity index (χ0v) is 15.8. The van der Waals surface area contributed by atoms with Crippen molar-refractivity contribution in [3.63, 3.8) is 0 Å². The van der Waals surface area contributed by atoms with E-state index >= 15 is 0 Å². The highest BCUT2D eigenvalue weighted by atomic mass is 16.3. The van der Waals surface area contributed by atoms with Crippen molar-refractivity contribution in [2.75, 3.05) is 36.4 Å². The summed E-state index contributed by atoms with van der Waals surface area (Å²) in [6.07, 6.45) is 3.10. The topological polar surface area (TPSA) is 74.5 Å². The van der Waals surface area contributed by atoms with Gasteiger partial charge in [-0.05, 0) is 30.2 Å². The van der Waals surface area contributed by atoms with Crippen LogP contribution in [-0.4, -0.2) is 47.0 Å². The number of nitrogens with zero attached hydrogens (tertiary/aromatic N) is 4. The van der Waals surface area contributed by atoms with Gasteiger partial charge in [0.15, 0.2) is 5.76 Å². The lowest BCUT2D eigenvalue weighted by atomic mass is 10.1. The highest BCUT2D eigenvalue weighted by molar-refractivity contribution is 5.91. The standard InChI is InChI=1S/C21H23N5O2/c1-16-5-2-3-6-17(16)14-22-19-13-20(24-15-23-19)25-8-10-26(11-9-25)21(27)18-7-4-12-28-18/h2-7,12-13,15H,8-11,14H2,1H3,(H,22,23,24). The number of benzene rings is 1. The third-order valence-corrected chi connectivity index (χ3v) is 5.00. The summed E-state index contributed by atoms with van der Waals surface area (Å²) in [7, 11) is 0. The minimum absolute atomic E-state index is 0.0621. The summed E-state index contributed by atoms with van der Waals surface area (Å²) in [4.78, 5) is 25.1. The van der Waals surface area contributed by atoms with E-state index in [0.717, 1.165) is 24.7 Å². The molecule has 0 unspecified atom stereocenters. The molecule has 1 N–H and O–H groups in total. The fraction of sp³-hybridized carbons (Fsp3) is 0.286. The first-order chi connectivity index (χ1) is 13.7. The Morgan fingerprint density at radius 2 is 1.93 bits per heavy atom. The Balaban J connectivity index is 1.36. The number of rotatable bonds is 5. The zero-order valence-electron chi connectivity index (χ0n) is 15.8. The van der Waals surface area contributed by atoms with Crippen LogP contribution in [0.3, 0.4) is 0 Å². The summed E-state index contributed by atoms with van der Waals surface area (Å²) < 4.78 is 5.21. The second kappa shape index (κ2) is 8.12. The molecule has 4 rings (SSSR count). The summed E-state index contributed by atoms with van der Waals surface area (Å²) in [5.41, 5.74) is 2.49. The summed E-state index contributed by atoms with van der Waals surface area (Å²) in [5.74, 6) is 1.99. The van der Waals surface area contributed by atoms with Gasteiger partial charge in [0.2, 0.25) is 0 Å². The average molecular weight is 377 g/mol. The van der Waals surface area contributed by atoms with E-state index in [0.29, 0.717) is 25.4 Å². The van der Waals surface area contributed by atoms with Gasteiger partial charge < -0.3 is 19.5 Å². The molecule has 1 aliphatic heterocycles. The molecule has 3 aromatic rings. The van der Waals surface area contributed by atoms with Crippen molar-refractivity contribution in [2.45, 2.75) is 13.5 Å². The van der Waals surface area contributed by atoms with E-state index in [1.54, 1.807) is 18.5 Å². The lowest BCUT2D eigenvalue weighted by Gasteiger charge is -2.35. The van der Waals surface area contributed by atoms with Gasteiger partial charge in [-0.15, -0.1) is 0 Å². The van der Waals surface area contributed by atoms with Gasteiger partial charge in [-0.2, -0.15) is 0 Å². The highest BCUT2D eigenvalue weighted by Crippen LogP contribution is 2.18. The van der Waals surface area contributed by atoms with Crippen LogP contribution in [0.1, 0.15) is 21.7 Å². The number of hydrogen-bond acceptors (Lipinski definition) is 6. The molecule has 3 heterocycles. The van der Waals surface area contributed by atoms with E-state index in [9.17, 15) is 4.79 Å². The number of hydrogen-bond donors (Lipinski definition) is 1. The quantitative estimate of drug-likeness (QED) is 0.737. The summed E-state index contributed by atoms with van der Waals surface area (Å²) >= 11 is 0. The molecule has 1 aliphatic rings. The average Bonchev–Trinajstić information content (AvgIpc) is 3.28. The smallest absolute Gasteiger partial charge is 0.289 e. The van der Waals surface area contributed by atoms with Crippen LogP contribution in [0, 0.1) is 6.92 Å². The number of piperazine rings is 1. The Kier molecular flexibility index (Phi) is 5.23. The Morgan fingerprint density at radius 1 is 1.11 bits per heavy atom. The number of amides is 1. The van der Waals surface area contributed by atoms with Gasteiger partial charge in [0.1, 0.15) is 18.0 Å². The van der Waals surface area contributed by atoms with Crippen molar-refractivity contribution >= 4 is 17.5 Å². The molecular weight excluding hydrogens is 354 g/mol. The van der Waals surface area contributed by atoms with E-state index in [2.05, 4.69) is 39.2 Å². The van der Waals surface area contributed by atoms with Crippen LogP contribution in [0.4, 0.5) is 11.6 Å². The van der Waals surface area contributed by atoms with Gasteiger partial charge in [0.05, 0.1) is 6.26 Å². The van der Waals surface area contributed by atoms with E-state index in [1.807, 2.05) is 23.1 Å². The zero-order chi connectivity index (χ0) is 19.3. The normalized spacial score (nSPS) is 14.2. The molecule has 144 valence electrons. The van der Waals surface area contributed by atoms with E-state index in [4.69, 9.17) is 4.42 Å². The number of carbonyl (C=O) groups excluding carboxylic acids is 1. The second-order valence-electron chi connectivity index (χ2n) is 6.80. The molecule has 7 nitrogen and oxygen atoms in total. The number of aromatic nitrogens is 2. The number of nitrogens with one attached hydrogen (secondary N) is 1. The van der Waals surface area contributed by atoms with E-state index < -0.39 is 0 Å². The first-order valence-electron chi connectivity index (χ1n) is 9.39. The first-order valence-corrected chi connectivity index (χ1v) is 9.39. The Bertz CT molecular complexity index is 933. The third-order valence-electron chi connectivity index (χ3n) is 5.00. The molecular formula is C21H23N5O2. The molecule has 0 aliphatic carbocycles. The van der Waals surface area contributed by atoms with Crippen molar-refractivity contribution in [3.8, 4) is 0 Å². The van der Waals surface area contributed by atoms with Gasteiger partial charge in [0.25, 0.3) is 5.91 Å². The van der Waals surface area contributed by atoms with Crippen molar-refractivity contribution in [1.82, 2.24) is 14.9 Å². The molecule has 7 heteroatoms. The van der Waals surface area contributed by atoms with Crippen molar-refractivity contribution < 1.29 is 9.21 Å². The first kappa shape index (κ1) is 18.0. The number of furan rings is 1. The molecule has 28 heavy (non-hydrogen) atoms. The van der Waals surface area contributed by atoms with Crippen molar-refractivity contribution in [3.05, 3.63) is 71.9 Å². The molecule has 0 spiro atoms. The van der Waals surface area contributed by atoms with Gasteiger partial charge in [0, 0.05) is 38.8 Å². The molecule has 0 saturated carbocycles. The summed E-state index contributed by atoms with van der Waals surface area (Å²) in [5, 5.41) is 3.37. The Labute approximate surface area is 164 Å². The van der Waals surface area contributed by atoms with E-state index in [-0.39, 0.29) is 5.91 Å². The second-order valence-corrected chi connectivity index (χ2v) is 6.80. The fourth-order valence-electron chi connectivity index (χ4n) is 3.31. The van der Waals surface area contributed by atoms with Crippen LogP contribution in [0.15, 0.2) is 59.5 Å². The minimum atomic E-state index is -0.0621. The van der Waals surface area contributed by atoms with Crippen LogP contribution in [0.2, 0.25) is 0 Å². The Morgan fingerprint density at radius 3 is 2.68 bits per heavy atom. The van der Waals surface area contributed by atoms with Gasteiger partial charge in [-0.3, -0.25) is 4.79 Å². The van der Waals surface area contributed by atoms with Crippen molar-refractivity contribution in [1.29, 1.82) is 0 Å². The maximum Gasteiger partial charge on any atom is 0.289 e. The molecule has 2 aromatic heterocycles. The SMILES string of the molecule is Cc1ccccc1CNc1cc(N2CCN(C(=O)c3ccco3)CC2)ncn1. The molecule has 1 fully saturated rings. The molecule has 1 amide bonds. The predicted molar refractivity (Wildman–Crippen MR) is 107 cm³/mol. The van der Waals surface area contributed by atoms with Crippen LogP contribution < -0.4 is 10.2 Å². The van der Waals surface area contributed by atoms with Gasteiger partial charge in [-0.1, -0.05) is 24.3 Å². The minimum Gasteiger partial charge on any atom is -0.459 e. The van der Waals surface area contributed by atoms with Gasteiger partial charge in [-0.25, -0.2) is 9.97 Å². The molecule has 0 radical (unpaired) electrons. The largest absolute Gasteiger partial charge is 0.459 e. The van der Waals surface area contributed by atoms with Crippen LogP contribution in [0.5, 0.6) is 0 Å². The number of carbonyl (C=O) groups is 1. The van der Waals surface area contributed by atoms with Crippen LogP contribution in [-0.2, 0) is 6.54 Å². The Hall–Kier alpha value is -3.35. The van der Waals surface area contributed by atoms with Crippen molar-refractivity contribution in [2.24, 2.45) is 0 Å². The monoisotopic (exact) mass is 377 g/mol. The maximum absolute atomic E-state index is 12.4. The predicted octanol–water partition coefficient (Wildman–Crippen LogP) is 2.95.